The van der Waals surface area contributed by atoms with Crippen LogP contribution in [-0.4, -0.2) is 39.2 Å². The molecule has 0 aliphatic rings. The minimum absolute atomic E-state index is 0.114. The number of rotatable bonds is 4. The van der Waals surface area contributed by atoms with Crippen molar-refractivity contribution in [1.29, 1.82) is 0 Å². The monoisotopic (exact) mass is 346 g/mol. The first kappa shape index (κ1) is 17.6. The lowest BCUT2D eigenvalue weighted by Crippen LogP contribution is -2.52. The Kier molecular flexibility index (Phi) is 4.19. The molecule has 0 aliphatic carbocycles. The summed E-state index contributed by atoms with van der Waals surface area (Å²) >= 11 is 0. The van der Waals surface area contributed by atoms with E-state index >= 15 is 0 Å². The molecule has 2 rings (SSSR count). The van der Waals surface area contributed by atoms with Gasteiger partial charge in [0.25, 0.3) is 11.2 Å². The molecule has 1 heterocycles. The van der Waals surface area contributed by atoms with E-state index in [2.05, 4.69) is 5.10 Å². The van der Waals surface area contributed by atoms with Crippen LogP contribution in [0.3, 0.4) is 0 Å². The number of carboxylic acid groups (broad SMARTS) is 1. The number of nitrogens with zero attached hydrogens (tertiary/aromatic N) is 1. The number of hydrogen-bond donors (Lipinski definition) is 3. The molecule has 0 saturated heterocycles. The molecule has 0 aliphatic heterocycles. The molecule has 10 heteroatoms. The summed E-state index contributed by atoms with van der Waals surface area (Å²) in [6, 6.07) is 5.80. The molecule has 0 fully saturated rings. The minimum Gasteiger partial charge on any atom is -0.497 e. The molecular weight excluding hydrogens is 333 g/mol. The molecule has 1 aromatic heterocycles. The van der Waals surface area contributed by atoms with Crippen LogP contribution >= 0.6 is 0 Å². The second-order valence-electron chi connectivity index (χ2n) is 4.97. The molecule has 130 valence electrons. The van der Waals surface area contributed by atoms with Crippen LogP contribution < -0.4 is 10.3 Å². The maximum absolute atomic E-state index is 13.1. The molecule has 0 spiro atoms. The second-order valence-corrected chi connectivity index (χ2v) is 4.97. The number of carboxylic acids is 1. The smallest absolute Gasteiger partial charge is 0.432 e. The van der Waals surface area contributed by atoms with Crippen LogP contribution in [0.1, 0.15) is 11.3 Å². The number of H-pyrrole nitrogens is 1. The summed E-state index contributed by atoms with van der Waals surface area (Å²) in [7, 11) is 1.36. The first-order valence-electron chi connectivity index (χ1n) is 6.53. The van der Waals surface area contributed by atoms with Crippen molar-refractivity contribution in [1.82, 2.24) is 9.78 Å². The Morgan fingerprint density at radius 3 is 2.46 bits per heavy atom. The number of aliphatic carboxylic acids is 1. The molecule has 3 N–H and O–H groups in total. The molecule has 0 bridgehead atoms. The van der Waals surface area contributed by atoms with Gasteiger partial charge in [0.15, 0.2) is 0 Å². The molecular formula is C14H13F3N2O5. The number of benzene rings is 1. The van der Waals surface area contributed by atoms with E-state index in [1.165, 1.54) is 25.3 Å². The zero-order valence-corrected chi connectivity index (χ0v) is 12.5. The van der Waals surface area contributed by atoms with Crippen LogP contribution in [0.4, 0.5) is 13.2 Å². The summed E-state index contributed by atoms with van der Waals surface area (Å²) in [4.78, 5) is 23.4. The Morgan fingerprint density at radius 1 is 1.33 bits per heavy atom. The minimum atomic E-state index is -5.59. The number of carbonyl (C=O) groups is 1. The molecule has 24 heavy (non-hydrogen) atoms. The highest BCUT2D eigenvalue weighted by atomic mass is 19.4. The average molecular weight is 346 g/mol. The van der Waals surface area contributed by atoms with Gasteiger partial charge in [-0.2, -0.15) is 13.2 Å². The number of alkyl halides is 3. The van der Waals surface area contributed by atoms with Crippen molar-refractivity contribution in [2.45, 2.75) is 18.7 Å². The first-order chi connectivity index (χ1) is 11.0. The Morgan fingerprint density at radius 2 is 1.96 bits per heavy atom. The Balaban J connectivity index is 2.74. The maximum Gasteiger partial charge on any atom is 0.432 e. The normalized spacial score (nSPS) is 14.2. The number of nitrogens with one attached hydrogen (secondary N) is 1. The fourth-order valence-electron chi connectivity index (χ4n) is 2.27. The van der Waals surface area contributed by atoms with Gasteiger partial charge in [-0.1, -0.05) is 6.07 Å². The van der Waals surface area contributed by atoms with Crippen molar-refractivity contribution in [3.63, 3.8) is 0 Å². The first-order valence-corrected chi connectivity index (χ1v) is 6.53. The molecule has 2 aromatic rings. The van der Waals surface area contributed by atoms with Crippen molar-refractivity contribution in [3.8, 4) is 11.4 Å². The van der Waals surface area contributed by atoms with E-state index in [0.717, 1.165) is 6.92 Å². The zero-order chi connectivity index (χ0) is 18.3. The molecule has 0 radical (unpaired) electrons. The second kappa shape index (κ2) is 5.71. The molecule has 0 amide bonds. The van der Waals surface area contributed by atoms with E-state index in [-0.39, 0.29) is 5.69 Å². The van der Waals surface area contributed by atoms with Gasteiger partial charge in [-0.05, 0) is 19.1 Å². The van der Waals surface area contributed by atoms with Gasteiger partial charge in [-0.25, -0.2) is 9.48 Å². The number of ether oxygens (including phenoxy) is 1. The highest BCUT2D eigenvalue weighted by molar-refractivity contribution is 5.80. The standard InChI is InChI=1S/C14H13F3N2O5/c1-7-10(13(23,12(21)22)14(15,16)17)11(20)19(18-7)8-4-3-5-9(6-8)24-2/h3-6,18,23H,1-2H3,(H,21,22). The number of aryl methyl sites for hydroxylation is 1. The number of hydrogen-bond acceptors (Lipinski definition) is 4. The summed E-state index contributed by atoms with van der Waals surface area (Å²) < 4.78 is 45.0. The fourth-order valence-corrected chi connectivity index (χ4v) is 2.27. The fraction of sp³-hybridized carbons (Fsp3) is 0.286. The lowest BCUT2D eigenvalue weighted by molar-refractivity contribution is -0.265. The third kappa shape index (κ3) is 2.54. The van der Waals surface area contributed by atoms with Crippen LogP contribution in [0.25, 0.3) is 5.69 Å². The van der Waals surface area contributed by atoms with Gasteiger partial charge in [0.2, 0.25) is 0 Å². The third-order valence-corrected chi connectivity index (χ3v) is 3.46. The summed E-state index contributed by atoms with van der Waals surface area (Å²) in [5.41, 5.74) is -7.27. The predicted octanol–water partition coefficient (Wildman–Crippen LogP) is 1.32. The van der Waals surface area contributed by atoms with E-state index < -0.39 is 34.6 Å². The number of aromatic amines is 1. The summed E-state index contributed by atoms with van der Waals surface area (Å²) in [6.07, 6.45) is -5.59. The van der Waals surface area contributed by atoms with E-state index in [1.54, 1.807) is 6.07 Å². The van der Waals surface area contributed by atoms with Gasteiger partial charge in [0.1, 0.15) is 5.75 Å². The average Bonchev–Trinajstić information content (AvgIpc) is 2.80. The highest BCUT2D eigenvalue weighted by Crippen LogP contribution is 2.39. The Labute approximate surface area is 132 Å². The molecule has 1 atom stereocenters. The van der Waals surface area contributed by atoms with E-state index in [0.29, 0.717) is 10.4 Å². The van der Waals surface area contributed by atoms with E-state index in [1.807, 2.05) is 0 Å². The van der Waals surface area contributed by atoms with E-state index in [4.69, 9.17) is 9.84 Å². The maximum atomic E-state index is 13.1. The van der Waals surface area contributed by atoms with Crippen LogP contribution in [-0.2, 0) is 10.4 Å². The van der Waals surface area contributed by atoms with Gasteiger partial charge >= 0.3 is 12.1 Å². The lowest BCUT2D eigenvalue weighted by atomic mass is 9.93. The molecule has 1 aromatic carbocycles. The number of aromatic nitrogens is 2. The molecule has 0 saturated carbocycles. The highest BCUT2D eigenvalue weighted by Gasteiger charge is 2.64. The summed E-state index contributed by atoms with van der Waals surface area (Å²) in [5.74, 6) is -2.26. The van der Waals surface area contributed by atoms with Crippen LogP contribution in [0.5, 0.6) is 5.75 Å². The SMILES string of the molecule is COc1cccc(-n2[nH]c(C)c(C(O)(C(=O)O)C(F)(F)F)c2=O)c1. The number of halogens is 3. The number of aliphatic hydroxyl groups is 1. The summed E-state index contributed by atoms with van der Waals surface area (Å²) in [5, 5.41) is 21.0. The summed E-state index contributed by atoms with van der Waals surface area (Å²) in [6.45, 7) is 1.06. The van der Waals surface area contributed by atoms with Crippen molar-refractivity contribution >= 4 is 5.97 Å². The van der Waals surface area contributed by atoms with Gasteiger partial charge in [-0.15, -0.1) is 0 Å². The zero-order valence-electron chi connectivity index (χ0n) is 12.5. The topological polar surface area (TPSA) is 105 Å². The van der Waals surface area contributed by atoms with Gasteiger partial charge in [0, 0.05) is 11.8 Å². The number of methoxy groups -OCH3 is 1. The molecule has 1 unspecified atom stereocenters. The largest absolute Gasteiger partial charge is 0.497 e. The Bertz CT molecular complexity index is 840. The van der Waals surface area contributed by atoms with Crippen molar-refractivity contribution in [3.05, 3.63) is 45.9 Å². The Hall–Kier alpha value is -2.75. The van der Waals surface area contributed by atoms with Crippen LogP contribution in [0, 0.1) is 6.92 Å². The van der Waals surface area contributed by atoms with Crippen molar-refractivity contribution in [2.75, 3.05) is 7.11 Å². The quantitative estimate of drug-likeness (QED) is 0.774. The lowest BCUT2D eigenvalue weighted by Gasteiger charge is -2.24. The molecule has 7 nitrogen and oxygen atoms in total. The van der Waals surface area contributed by atoms with Crippen LogP contribution in [0.15, 0.2) is 29.1 Å². The van der Waals surface area contributed by atoms with Crippen LogP contribution in [0.2, 0.25) is 0 Å². The predicted molar refractivity (Wildman–Crippen MR) is 75.3 cm³/mol. The van der Waals surface area contributed by atoms with E-state index in [9.17, 15) is 27.9 Å². The van der Waals surface area contributed by atoms with Crippen molar-refractivity contribution < 1.29 is 32.9 Å². The van der Waals surface area contributed by atoms with Crippen molar-refractivity contribution in [2.24, 2.45) is 0 Å². The third-order valence-electron chi connectivity index (χ3n) is 3.46. The van der Waals surface area contributed by atoms with Gasteiger partial charge < -0.3 is 14.9 Å². The van der Waals surface area contributed by atoms with Gasteiger partial charge in [-0.3, -0.25) is 9.89 Å². The van der Waals surface area contributed by atoms with Gasteiger partial charge in [0.05, 0.1) is 18.4 Å².